The van der Waals surface area contributed by atoms with Crippen LogP contribution < -0.4 is 10.6 Å². The third-order valence-corrected chi connectivity index (χ3v) is 4.70. The number of likely N-dealkylation sites (tertiary alicyclic amines) is 1. The van der Waals surface area contributed by atoms with Crippen molar-refractivity contribution in [3.05, 3.63) is 34.9 Å². The van der Waals surface area contributed by atoms with Crippen molar-refractivity contribution >= 4 is 17.5 Å². The Hall–Kier alpha value is -1.10. The van der Waals surface area contributed by atoms with Crippen LogP contribution >= 0.6 is 11.6 Å². The SMILES string of the molecule is O=C(CN1CC2CCCNC2C1)NCc1ccc(Cl)cc1. The number of halogens is 1. The highest BCUT2D eigenvalue weighted by Crippen LogP contribution is 2.24. The fraction of sp³-hybridized carbons (Fsp3) is 0.562. The summed E-state index contributed by atoms with van der Waals surface area (Å²) in [7, 11) is 0. The van der Waals surface area contributed by atoms with Crippen LogP contribution in [0.25, 0.3) is 0 Å². The third-order valence-electron chi connectivity index (χ3n) is 4.45. The van der Waals surface area contributed by atoms with Crippen molar-refractivity contribution in [3.8, 4) is 0 Å². The lowest BCUT2D eigenvalue weighted by molar-refractivity contribution is -0.122. The second kappa shape index (κ2) is 6.77. The van der Waals surface area contributed by atoms with Gasteiger partial charge in [-0.05, 0) is 43.0 Å². The minimum atomic E-state index is 0.101. The molecule has 2 aliphatic heterocycles. The van der Waals surface area contributed by atoms with Gasteiger partial charge in [0.05, 0.1) is 6.54 Å². The molecule has 2 fully saturated rings. The Labute approximate surface area is 130 Å². The van der Waals surface area contributed by atoms with E-state index in [-0.39, 0.29) is 5.91 Å². The maximum Gasteiger partial charge on any atom is 0.234 e. The molecule has 0 aliphatic carbocycles. The maximum absolute atomic E-state index is 12.0. The molecular formula is C16H22ClN3O. The number of hydrogen-bond acceptors (Lipinski definition) is 3. The second-order valence-corrected chi connectivity index (χ2v) is 6.50. The molecular weight excluding hydrogens is 286 g/mol. The van der Waals surface area contributed by atoms with Crippen molar-refractivity contribution in [3.63, 3.8) is 0 Å². The van der Waals surface area contributed by atoms with Gasteiger partial charge in [0.25, 0.3) is 0 Å². The zero-order valence-corrected chi connectivity index (χ0v) is 12.9. The molecule has 114 valence electrons. The van der Waals surface area contributed by atoms with Gasteiger partial charge in [-0.1, -0.05) is 23.7 Å². The molecule has 2 aliphatic rings. The summed E-state index contributed by atoms with van der Waals surface area (Å²) in [6.07, 6.45) is 2.55. The summed E-state index contributed by atoms with van der Waals surface area (Å²) in [5, 5.41) is 7.26. The Balaban J connectivity index is 1.43. The molecule has 4 nitrogen and oxygen atoms in total. The van der Waals surface area contributed by atoms with Crippen molar-refractivity contribution in [1.29, 1.82) is 0 Å². The summed E-state index contributed by atoms with van der Waals surface area (Å²) >= 11 is 5.85. The van der Waals surface area contributed by atoms with E-state index in [4.69, 9.17) is 11.6 Å². The number of piperidine rings is 1. The van der Waals surface area contributed by atoms with Crippen molar-refractivity contribution in [2.75, 3.05) is 26.2 Å². The van der Waals surface area contributed by atoms with Crippen LogP contribution in [0.5, 0.6) is 0 Å². The number of nitrogens with zero attached hydrogens (tertiary/aromatic N) is 1. The monoisotopic (exact) mass is 307 g/mol. The normalized spacial score (nSPS) is 25.6. The zero-order chi connectivity index (χ0) is 14.7. The number of rotatable bonds is 4. The summed E-state index contributed by atoms with van der Waals surface area (Å²) < 4.78 is 0. The topological polar surface area (TPSA) is 44.4 Å². The molecule has 0 bridgehead atoms. The molecule has 0 radical (unpaired) electrons. The fourth-order valence-corrected chi connectivity index (χ4v) is 3.45. The van der Waals surface area contributed by atoms with Crippen molar-refractivity contribution in [1.82, 2.24) is 15.5 Å². The molecule has 1 aromatic carbocycles. The summed E-state index contributed by atoms with van der Waals surface area (Å²) in [5.74, 6) is 0.825. The van der Waals surface area contributed by atoms with Gasteiger partial charge >= 0.3 is 0 Å². The highest BCUT2D eigenvalue weighted by Gasteiger charge is 2.34. The number of fused-ring (bicyclic) bond motifs is 1. The van der Waals surface area contributed by atoms with Crippen LogP contribution in [0.1, 0.15) is 18.4 Å². The predicted octanol–water partition coefficient (Wildman–Crippen LogP) is 1.64. The highest BCUT2D eigenvalue weighted by atomic mass is 35.5. The molecule has 5 heteroatoms. The summed E-state index contributed by atoms with van der Waals surface area (Å²) in [4.78, 5) is 14.3. The van der Waals surface area contributed by atoms with E-state index in [2.05, 4.69) is 15.5 Å². The van der Waals surface area contributed by atoms with E-state index in [1.807, 2.05) is 24.3 Å². The van der Waals surface area contributed by atoms with Gasteiger partial charge in [-0.3, -0.25) is 9.69 Å². The molecule has 0 spiro atoms. The van der Waals surface area contributed by atoms with Gasteiger partial charge in [-0.2, -0.15) is 0 Å². The lowest BCUT2D eigenvalue weighted by Gasteiger charge is -2.24. The number of amides is 1. The molecule has 2 atom stereocenters. The molecule has 0 saturated carbocycles. The number of carbonyl (C=O) groups excluding carboxylic acids is 1. The third kappa shape index (κ3) is 3.96. The number of hydrogen-bond donors (Lipinski definition) is 2. The molecule has 3 rings (SSSR count). The van der Waals surface area contributed by atoms with Gasteiger partial charge in [0, 0.05) is 30.7 Å². The molecule has 21 heavy (non-hydrogen) atoms. The molecule has 2 heterocycles. The minimum absolute atomic E-state index is 0.101. The van der Waals surface area contributed by atoms with Crippen LogP contribution in [0.4, 0.5) is 0 Å². The Kier molecular flexibility index (Phi) is 4.78. The van der Waals surface area contributed by atoms with E-state index < -0.39 is 0 Å². The second-order valence-electron chi connectivity index (χ2n) is 6.06. The fourth-order valence-electron chi connectivity index (χ4n) is 3.33. The van der Waals surface area contributed by atoms with Gasteiger partial charge < -0.3 is 10.6 Å². The van der Waals surface area contributed by atoms with Crippen LogP contribution in [-0.2, 0) is 11.3 Å². The quantitative estimate of drug-likeness (QED) is 0.889. The highest BCUT2D eigenvalue weighted by molar-refractivity contribution is 6.30. The van der Waals surface area contributed by atoms with Gasteiger partial charge in [-0.15, -0.1) is 0 Å². The van der Waals surface area contributed by atoms with Gasteiger partial charge in [-0.25, -0.2) is 0 Å². The first kappa shape index (κ1) is 14.8. The standard InChI is InChI=1S/C16H22ClN3O/c17-14-5-3-12(4-6-14)8-19-16(21)11-20-9-13-2-1-7-18-15(13)10-20/h3-6,13,15,18H,1-2,7-11H2,(H,19,21). The summed E-state index contributed by atoms with van der Waals surface area (Å²) in [6, 6.07) is 8.16. The number of nitrogens with one attached hydrogen (secondary N) is 2. The smallest absolute Gasteiger partial charge is 0.234 e. The maximum atomic E-state index is 12.0. The van der Waals surface area contributed by atoms with Gasteiger partial charge in [0.15, 0.2) is 0 Å². The molecule has 1 amide bonds. The molecule has 2 N–H and O–H groups in total. The Morgan fingerprint density at radius 2 is 2.14 bits per heavy atom. The minimum Gasteiger partial charge on any atom is -0.351 e. The van der Waals surface area contributed by atoms with Crippen molar-refractivity contribution in [2.24, 2.45) is 5.92 Å². The van der Waals surface area contributed by atoms with Crippen LogP contribution in [0.15, 0.2) is 24.3 Å². The average molecular weight is 308 g/mol. The van der Waals surface area contributed by atoms with Gasteiger partial charge in [0.1, 0.15) is 0 Å². The lowest BCUT2D eigenvalue weighted by Crippen LogP contribution is -2.41. The average Bonchev–Trinajstić information content (AvgIpc) is 2.88. The van der Waals surface area contributed by atoms with Crippen molar-refractivity contribution in [2.45, 2.75) is 25.4 Å². The largest absolute Gasteiger partial charge is 0.351 e. The number of benzene rings is 1. The van der Waals surface area contributed by atoms with Crippen molar-refractivity contribution < 1.29 is 4.79 Å². The van der Waals surface area contributed by atoms with Crippen LogP contribution in [0.2, 0.25) is 5.02 Å². The first-order chi connectivity index (χ1) is 10.2. The predicted molar refractivity (Wildman–Crippen MR) is 84.3 cm³/mol. The van der Waals surface area contributed by atoms with E-state index in [9.17, 15) is 4.79 Å². The van der Waals surface area contributed by atoms with Crippen LogP contribution in [-0.4, -0.2) is 43.0 Å². The van der Waals surface area contributed by atoms with Gasteiger partial charge in [0.2, 0.25) is 5.91 Å². The Bertz CT molecular complexity index is 477. The molecule has 1 aromatic rings. The van der Waals surface area contributed by atoms with E-state index in [0.29, 0.717) is 19.1 Å². The molecule has 2 unspecified atom stereocenters. The van der Waals surface area contributed by atoms with Crippen LogP contribution in [0, 0.1) is 5.92 Å². The Morgan fingerprint density at radius 1 is 1.33 bits per heavy atom. The first-order valence-electron chi connectivity index (χ1n) is 7.67. The number of carbonyl (C=O) groups is 1. The van der Waals surface area contributed by atoms with E-state index >= 15 is 0 Å². The lowest BCUT2D eigenvalue weighted by atomic mass is 9.94. The first-order valence-corrected chi connectivity index (χ1v) is 8.05. The zero-order valence-electron chi connectivity index (χ0n) is 12.1. The van der Waals surface area contributed by atoms with E-state index in [1.54, 1.807) is 0 Å². The molecule has 0 aromatic heterocycles. The van der Waals surface area contributed by atoms with Crippen LogP contribution in [0.3, 0.4) is 0 Å². The Morgan fingerprint density at radius 3 is 2.90 bits per heavy atom. The summed E-state index contributed by atoms with van der Waals surface area (Å²) in [6.45, 7) is 4.24. The molecule has 2 saturated heterocycles. The van der Waals surface area contributed by atoms with E-state index in [1.165, 1.54) is 12.8 Å². The summed E-state index contributed by atoms with van der Waals surface area (Å²) in [5.41, 5.74) is 1.07. The van der Waals surface area contributed by atoms with E-state index in [0.717, 1.165) is 36.1 Å².